The summed E-state index contributed by atoms with van der Waals surface area (Å²) in [6.07, 6.45) is 1.99. The van der Waals surface area contributed by atoms with Crippen molar-refractivity contribution < 1.29 is 13.2 Å². The molecule has 0 saturated carbocycles. The molecule has 1 fully saturated rings. The number of amidine groups is 1. The molecule has 1 saturated heterocycles. The second-order valence-electron chi connectivity index (χ2n) is 6.62. The van der Waals surface area contributed by atoms with Crippen molar-refractivity contribution in [3.05, 3.63) is 54.1 Å². The van der Waals surface area contributed by atoms with Gasteiger partial charge >= 0.3 is 0 Å². The van der Waals surface area contributed by atoms with Gasteiger partial charge in [0.2, 0.25) is 0 Å². The molecule has 0 aromatic heterocycles. The average Bonchev–Trinajstić information content (AvgIpc) is 3.15. The zero-order valence-electron chi connectivity index (χ0n) is 15.1. The van der Waals surface area contributed by atoms with Crippen LogP contribution in [0.3, 0.4) is 0 Å². The van der Waals surface area contributed by atoms with Crippen LogP contribution in [0.25, 0.3) is 0 Å². The molecule has 2 atom stereocenters. The van der Waals surface area contributed by atoms with Crippen molar-refractivity contribution in [2.24, 2.45) is 4.99 Å². The van der Waals surface area contributed by atoms with Crippen LogP contribution in [0.1, 0.15) is 10.4 Å². The fraction of sp³-hybridized carbons (Fsp3) is 0.263. The van der Waals surface area contributed by atoms with Crippen LogP contribution in [0, 0.1) is 0 Å². The van der Waals surface area contributed by atoms with Gasteiger partial charge in [-0.25, -0.2) is 8.42 Å². The summed E-state index contributed by atoms with van der Waals surface area (Å²) >= 11 is 3.10. The van der Waals surface area contributed by atoms with Crippen molar-refractivity contribution in [2.75, 3.05) is 28.4 Å². The smallest absolute Gasteiger partial charge is 0.255 e. The minimum atomic E-state index is -2.95. The van der Waals surface area contributed by atoms with Gasteiger partial charge in [-0.05, 0) is 48.7 Å². The topological polar surface area (TPSA) is 87.6 Å². The predicted molar refractivity (Wildman–Crippen MR) is 117 cm³/mol. The number of rotatable bonds is 4. The Kier molecular flexibility index (Phi) is 5.39. The first-order chi connectivity index (χ1) is 13.4. The van der Waals surface area contributed by atoms with Gasteiger partial charge < -0.3 is 10.6 Å². The Balaban J connectivity index is 1.38. The zero-order chi connectivity index (χ0) is 19.7. The van der Waals surface area contributed by atoms with E-state index in [0.717, 1.165) is 21.4 Å². The number of sulfone groups is 1. The summed E-state index contributed by atoms with van der Waals surface area (Å²) in [5, 5.41) is 6.86. The quantitative estimate of drug-likeness (QED) is 0.719. The monoisotopic (exact) mass is 433 g/mol. The van der Waals surface area contributed by atoms with Gasteiger partial charge in [0, 0.05) is 27.1 Å². The van der Waals surface area contributed by atoms with Gasteiger partial charge in [-0.2, -0.15) is 0 Å². The summed E-state index contributed by atoms with van der Waals surface area (Å²) in [5.41, 5.74) is 2.14. The van der Waals surface area contributed by atoms with Crippen LogP contribution in [0.2, 0.25) is 0 Å². The van der Waals surface area contributed by atoms with Gasteiger partial charge in [-0.1, -0.05) is 17.8 Å². The molecule has 0 aliphatic carbocycles. The molecule has 2 aromatic carbocycles. The van der Waals surface area contributed by atoms with Crippen molar-refractivity contribution in [1.29, 1.82) is 0 Å². The first-order valence-electron chi connectivity index (χ1n) is 8.69. The normalized spacial score (nSPS) is 22.4. The standard InChI is InChI=1S/C19H19N3O3S3/c1-26-15-4-2-3-14(9-15)20-18(23)12-5-7-13(8-6-12)21-19-22-16-10-28(24,25)11-17(16)27-19/h2-9,16-17H,10-11H2,1H3,(H,20,23)(H,21,22)/t16-,17+/m1/s1. The number of amides is 1. The molecule has 2 aliphatic rings. The second kappa shape index (κ2) is 7.81. The maximum atomic E-state index is 12.4. The molecule has 2 heterocycles. The van der Waals surface area contributed by atoms with Crippen LogP contribution in [0.15, 0.2) is 58.4 Å². The fourth-order valence-electron chi connectivity index (χ4n) is 3.15. The molecule has 6 nitrogen and oxygen atoms in total. The molecule has 4 rings (SSSR count). The molecular formula is C19H19N3O3S3. The number of aliphatic imine (C=N–C) groups is 1. The molecule has 146 valence electrons. The van der Waals surface area contributed by atoms with Crippen LogP contribution >= 0.6 is 23.5 Å². The highest BCUT2D eigenvalue weighted by atomic mass is 32.2. The van der Waals surface area contributed by atoms with E-state index in [2.05, 4.69) is 15.6 Å². The van der Waals surface area contributed by atoms with Crippen LogP contribution < -0.4 is 10.6 Å². The predicted octanol–water partition coefficient (Wildman–Crippen LogP) is 3.34. The van der Waals surface area contributed by atoms with E-state index < -0.39 is 9.84 Å². The van der Waals surface area contributed by atoms with E-state index in [1.165, 1.54) is 11.8 Å². The number of thioether (sulfide) groups is 2. The van der Waals surface area contributed by atoms with Gasteiger partial charge in [0.1, 0.15) is 0 Å². The van der Waals surface area contributed by atoms with E-state index in [9.17, 15) is 13.2 Å². The van der Waals surface area contributed by atoms with Gasteiger partial charge in [0.15, 0.2) is 15.0 Å². The summed E-state index contributed by atoms with van der Waals surface area (Å²) in [4.78, 5) is 18.0. The lowest BCUT2D eigenvalue weighted by molar-refractivity contribution is 0.102. The highest BCUT2D eigenvalue weighted by molar-refractivity contribution is 8.15. The summed E-state index contributed by atoms with van der Waals surface area (Å²) in [7, 11) is -2.95. The number of hydrogen-bond donors (Lipinski definition) is 2. The van der Waals surface area contributed by atoms with Crippen molar-refractivity contribution in [3.8, 4) is 0 Å². The van der Waals surface area contributed by atoms with Gasteiger partial charge in [0.05, 0.1) is 17.5 Å². The van der Waals surface area contributed by atoms with E-state index in [0.29, 0.717) is 5.56 Å². The van der Waals surface area contributed by atoms with Crippen molar-refractivity contribution in [1.82, 2.24) is 0 Å². The number of fused-ring (bicyclic) bond motifs is 1. The minimum absolute atomic E-state index is 0.00889. The highest BCUT2D eigenvalue weighted by Crippen LogP contribution is 2.34. The SMILES string of the molecule is CSc1cccc(NC(=O)c2ccc(NC3=N[C@@H]4CS(=O)(=O)C[C@@H]4S3)cc2)c1. The maximum absolute atomic E-state index is 12.4. The summed E-state index contributed by atoms with van der Waals surface area (Å²) < 4.78 is 23.3. The average molecular weight is 434 g/mol. The summed E-state index contributed by atoms with van der Waals surface area (Å²) in [6, 6.07) is 14.7. The second-order valence-corrected chi connectivity index (χ2v) is 10.9. The fourth-order valence-corrected chi connectivity index (χ4v) is 7.28. The molecule has 1 amide bonds. The largest absolute Gasteiger partial charge is 0.335 e. The molecule has 0 bridgehead atoms. The summed E-state index contributed by atoms with van der Waals surface area (Å²) in [5.74, 6) is 0.151. The van der Waals surface area contributed by atoms with E-state index in [4.69, 9.17) is 0 Å². The van der Waals surface area contributed by atoms with Crippen molar-refractivity contribution in [2.45, 2.75) is 16.2 Å². The number of benzene rings is 2. The molecule has 0 unspecified atom stereocenters. The molecule has 9 heteroatoms. The zero-order valence-corrected chi connectivity index (χ0v) is 17.5. The third-order valence-electron chi connectivity index (χ3n) is 4.54. The first kappa shape index (κ1) is 19.4. The molecule has 2 N–H and O–H groups in total. The Morgan fingerprint density at radius 3 is 2.64 bits per heavy atom. The molecule has 28 heavy (non-hydrogen) atoms. The number of nitrogens with one attached hydrogen (secondary N) is 2. The molecule has 2 aliphatic heterocycles. The highest BCUT2D eigenvalue weighted by Gasteiger charge is 2.42. The Morgan fingerprint density at radius 2 is 1.93 bits per heavy atom. The lowest BCUT2D eigenvalue weighted by atomic mass is 10.2. The number of nitrogens with zero attached hydrogens (tertiary/aromatic N) is 1. The van der Waals surface area contributed by atoms with Crippen molar-refractivity contribution >= 4 is 55.8 Å². The van der Waals surface area contributed by atoms with Crippen LogP contribution in [0.5, 0.6) is 0 Å². The van der Waals surface area contributed by atoms with Crippen LogP contribution in [-0.4, -0.2) is 48.5 Å². The lowest BCUT2D eigenvalue weighted by Gasteiger charge is -2.09. The third-order valence-corrected chi connectivity index (χ3v) is 8.41. The van der Waals surface area contributed by atoms with Crippen LogP contribution in [0.4, 0.5) is 11.4 Å². The Labute approximate surface area is 172 Å². The van der Waals surface area contributed by atoms with E-state index in [-0.39, 0.29) is 28.7 Å². The Hall–Kier alpha value is -1.97. The number of anilines is 2. The van der Waals surface area contributed by atoms with Crippen molar-refractivity contribution in [3.63, 3.8) is 0 Å². The maximum Gasteiger partial charge on any atom is 0.255 e. The minimum Gasteiger partial charge on any atom is -0.335 e. The number of hydrogen-bond acceptors (Lipinski definition) is 7. The number of carbonyl (C=O) groups is 1. The Bertz CT molecular complexity index is 1040. The lowest BCUT2D eigenvalue weighted by Crippen LogP contribution is -2.13. The molecule has 0 spiro atoms. The molecule has 2 aromatic rings. The van der Waals surface area contributed by atoms with Gasteiger partial charge in [0.25, 0.3) is 5.91 Å². The first-order valence-corrected chi connectivity index (χ1v) is 12.6. The molecular weight excluding hydrogens is 414 g/mol. The number of carbonyl (C=O) groups excluding carboxylic acids is 1. The van der Waals surface area contributed by atoms with E-state index in [1.54, 1.807) is 23.9 Å². The van der Waals surface area contributed by atoms with Crippen LogP contribution in [-0.2, 0) is 9.84 Å². The Morgan fingerprint density at radius 1 is 1.14 bits per heavy atom. The van der Waals surface area contributed by atoms with Gasteiger partial charge in [-0.3, -0.25) is 9.79 Å². The summed E-state index contributed by atoms with van der Waals surface area (Å²) in [6.45, 7) is 0. The molecule has 0 radical (unpaired) electrons. The van der Waals surface area contributed by atoms with E-state index >= 15 is 0 Å². The van der Waals surface area contributed by atoms with E-state index in [1.807, 2.05) is 42.7 Å². The third kappa shape index (κ3) is 4.37. The van der Waals surface area contributed by atoms with Gasteiger partial charge in [-0.15, -0.1) is 11.8 Å².